The number of carbonyl (C=O) groups is 1. The highest BCUT2D eigenvalue weighted by Crippen LogP contribution is 2.29. The van der Waals surface area contributed by atoms with Crippen LogP contribution >= 0.6 is 0 Å². The van der Waals surface area contributed by atoms with Gasteiger partial charge in [0, 0.05) is 36.4 Å². The Hall–Kier alpha value is -4.28. The first-order valence-electron chi connectivity index (χ1n) is 12.1. The summed E-state index contributed by atoms with van der Waals surface area (Å²) in [5.74, 6) is -0.125. The quantitative estimate of drug-likeness (QED) is 0.365. The monoisotopic (exact) mass is 504 g/mol. The molecule has 0 atom stereocenters. The van der Waals surface area contributed by atoms with Crippen LogP contribution in [0.15, 0.2) is 41.6 Å². The van der Waals surface area contributed by atoms with Crippen molar-refractivity contribution in [2.75, 3.05) is 16.0 Å². The molecule has 2 amide bonds. The van der Waals surface area contributed by atoms with Gasteiger partial charge in [-0.15, -0.1) is 0 Å². The van der Waals surface area contributed by atoms with Gasteiger partial charge in [-0.3, -0.25) is 14.0 Å². The molecule has 1 aliphatic carbocycles. The number of rotatable bonds is 5. The number of nitrogens with one attached hydrogen (secondary N) is 3. The van der Waals surface area contributed by atoms with Crippen LogP contribution in [0.5, 0.6) is 0 Å². The summed E-state index contributed by atoms with van der Waals surface area (Å²) in [7, 11) is 1.64. The molecule has 0 bridgehead atoms. The van der Waals surface area contributed by atoms with Crippen LogP contribution in [0.3, 0.4) is 0 Å². The summed E-state index contributed by atoms with van der Waals surface area (Å²) < 4.78 is 18.0. The van der Waals surface area contributed by atoms with Crippen LogP contribution < -0.4 is 21.5 Å². The highest BCUT2D eigenvalue weighted by Gasteiger charge is 2.23. The molecule has 37 heavy (non-hydrogen) atoms. The largest absolute Gasteiger partial charge is 0.351 e. The number of carbonyl (C=O) groups excluding carboxylic acids is 1. The van der Waals surface area contributed by atoms with Crippen LogP contribution in [0.4, 0.5) is 26.5 Å². The van der Waals surface area contributed by atoms with E-state index in [-0.39, 0.29) is 16.8 Å². The summed E-state index contributed by atoms with van der Waals surface area (Å²) in [6.07, 6.45) is 7.05. The Morgan fingerprint density at radius 2 is 1.86 bits per heavy atom. The maximum atomic E-state index is 14.8. The molecule has 4 aromatic rings. The zero-order valence-electron chi connectivity index (χ0n) is 21.4. The number of hydrogen-bond acceptors (Lipinski definition) is 6. The average molecular weight is 505 g/mol. The van der Waals surface area contributed by atoms with Crippen LogP contribution in [-0.4, -0.2) is 36.4 Å². The Kier molecular flexibility index (Phi) is 5.93. The minimum absolute atomic E-state index is 0.0521. The first-order chi connectivity index (χ1) is 17.5. The summed E-state index contributed by atoms with van der Waals surface area (Å²) in [4.78, 5) is 34.8. The van der Waals surface area contributed by atoms with Gasteiger partial charge in [0.1, 0.15) is 11.5 Å². The topological polar surface area (TPSA) is 119 Å². The van der Waals surface area contributed by atoms with E-state index < -0.39 is 11.8 Å². The molecule has 0 unspecified atom stereocenters. The zero-order valence-corrected chi connectivity index (χ0v) is 21.4. The molecule has 3 heterocycles. The third-order valence-electron chi connectivity index (χ3n) is 6.24. The van der Waals surface area contributed by atoms with Gasteiger partial charge in [-0.1, -0.05) is 0 Å². The standard InChI is InChI=1S/C26H29FN8O2/c1-14-8-20(27)21(32-25(37)31-17-12-29-35(13-17)26(2,3)4)10-18(14)19-9-15-11-28-24(30-16-6-7-16)33-22(15)34(5)23(19)36/h8-13,16H,6-7H2,1-5H3,(H,28,30,33)(H2,31,32,37). The molecule has 11 heteroatoms. The number of pyridine rings is 1. The Morgan fingerprint density at radius 1 is 1.11 bits per heavy atom. The van der Waals surface area contributed by atoms with E-state index in [1.165, 1.54) is 22.9 Å². The van der Waals surface area contributed by atoms with Gasteiger partial charge >= 0.3 is 6.03 Å². The van der Waals surface area contributed by atoms with Crippen molar-refractivity contribution in [1.29, 1.82) is 0 Å². The maximum Gasteiger partial charge on any atom is 0.323 e. The summed E-state index contributed by atoms with van der Waals surface area (Å²) in [5, 5.41) is 13.4. The summed E-state index contributed by atoms with van der Waals surface area (Å²) in [6, 6.07) is 4.22. The Bertz CT molecular complexity index is 1580. The molecular formula is C26H29FN8O2. The number of urea groups is 1. The van der Waals surface area contributed by atoms with Crippen LogP contribution in [0, 0.1) is 12.7 Å². The number of halogens is 1. The first-order valence-corrected chi connectivity index (χ1v) is 12.1. The lowest BCUT2D eigenvalue weighted by molar-refractivity contribution is 0.262. The van der Waals surface area contributed by atoms with Crippen molar-refractivity contribution in [1.82, 2.24) is 24.3 Å². The maximum absolute atomic E-state index is 14.8. The molecule has 192 valence electrons. The van der Waals surface area contributed by atoms with Gasteiger partial charge in [0.15, 0.2) is 0 Å². The van der Waals surface area contributed by atoms with Gasteiger partial charge in [-0.05, 0) is 69.9 Å². The number of hydrogen-bond donors (Lipinski definition) is 3. The van der Waals surface area contributed by atoms with E-state index >= 15 is 0 Å². The highest BCUT2D eigenvalue weighted by molar-refractivity contribution is 6.00. The predicted molar refractivity (Wildman–Crippen MR) is 141 cm³/mol. The zero-order chi connectivity index (χ0) is 26.5. The van der Waals surface area contributed by atoms with Gasteiger partial charge < -0.3 is 16.0 Å². The van der Waals surface area contributed by atoms with Gasteiger partial charge in [0.05, 0.1) is 23.1 Å². The highest BCUT2D eigenvalue weighted by atomic mass is 19.1. The van der Waals surface area contributed by atoms with Crippen molar-refractivity contribution >= 4 is 34.4 Å². The van der Waals surface area contributed by atoms with Crippen LogP contribution in [0.25, 0.3) is 22.2 Å². The Balaban J connectivity index is 1.44. The van der Waals surface area contributed by atoms with Crippen molar-refractivity contribution in [3.63, 3.8) is 0 Å². The van der Waals surface area contributed by atoms with E-state index in [0.717, 1.165) is 12.8 Å². The lowest BCUT2D eigenvalue weighted by Crippen LogP contribution is -2.23. The summed E-state index contributed by atoms with van der Waals surface area (Å²) in [5.41, 5.74) is 1.79. The van der Waals surface area contributed by atoms with Crippen molar-refractivity contribution < 1.29 is 9.18 Å². The molecule has 1 fully saturated rings. The van der Waals surface area contributed by atoms with Crippen molar-refractivity contribution in [2.45, 2.75) is 52.1 Å². The van der Waals surface area contributed by atoms with E-state index in [9.17, 15) is 14.0 Å². The SMILES string of the molecule is Cc1cc(F)c(NC(=O)Nc2cnn(C(C)(C)C)c2)cc1-c1cc2cnc(NC3CC3)nc2n(C)c1=O. The third-order valence-corrected chi connectivity index (χ3v) is 6.24. The van der Waals surface area contributed by atoms with Crippen LogP contribution in [0.1, 0.15) is 39.2 Å². The van der Waals surface area contributed by atoms with E-state index in [1.54, 1.807) is 37.1 Å². The van der Waals surface area contributed by atoms with Gasteiger partial charge in [-0.2, -0.15) is 10.1 Å². The molecule has 1 aromatic carbocycles. The molecule has 1 aliphatic rings. The minimum Gasteiger partial charge on any atom is -0.351 e. The average Bonchev–Trinajstić information content (AvgIpc) is 3.51. The molecular weight excluding hydrogens is 475 g/mol. The number of aromatic nitrogens is 5. The summed E-state index contributed by atoms with van der Waals surface area (Å²) in [6.45, 7) is 7.67. The van der Waals surface area contributed by atoms with Crippen LogP contribution in [0.2, 0.25) is 0 Å². The number of nitrogens with zero attached hydrogens (tertiary/aromatic N) is 5. The molecule has 0 saturated heterocycles. The number of amides is 2. The van der Waals surface area contributed by atoms with E-state index in [4.69, 9.17) is 0 Å². The Morgan fingerprint density at radius 3 is 2.54 bits per heavy atom. The molecule has 3 N–H and O–H groups in total. The first kappa shape index (κ1) is 24.4. The second-order valence-corrected chi connectivity index (χ2v) is 10.4. The number of aryl methyl sites for hydroxylation is 2. The van der Waals surface area contributed by atoms with Crippen molar-refractivity contribution in [3.8, 4) is 11.1 Å². The lowest BCUT2D eigenvalue weighted by Gasteiger charge is -2.18. The number of fused-ring (bicyclic) bond motifs is 1. The molecule has 1 saturated carbocycles. The molecule has 0 spiro atoms. The van der Waals surface area contributed by atoms with Crippen LogP contribution in [-0.2, 0) is 12.6 Å². The Labute approximate surface area is 212 Å². The van der Waals surface area contributed by atoms with Crippen molar-refractivity contribution in [3.05, 3.63) is 58.5 Å². The fraction of sp³-hybridized carbons (Fsp3) is 0.346. The van der Waals surface area contributed by atoms with Gasteiger partial charge in [-0.25, -0.2) is 14.2 Å². The smallest absolute Gasteiger partial charge is 0.323 e. The van der Waals surface area contributed by atoms with Gasteiger partial charge in [0.25, 0.3) is 5.56 Å². The third kappa shape index (κ3) is 5.02. The molecule has 3 aromatic heterocycles. The number of anilines is 3. The van der Waals surface area contributed by atoms with E-state index in [2.05, 4.69) is 31.0 Å². The second-order valence-electron chi connectivity index (χ2n) is 10.4. The number of benzene rings is 1. The lowest BCUT2D eigenvalue weighted by atomic mass is 9.99. The normalized spacial score (nSPS) is 13.6. The minimum atomic E-state index is -0.627. The van der Waals surface area contributed by atoms with Crippen molar-refractivity contribution in [2.24, 2.45) is 7.05 Å². The molecule has 10 nitrogen and oxygen atoms in total. The fourth-order valence-electron chi connectivity index (χ4n) is 4.02. The fourth-order valence-corrected chi connectivity index (χ4v) is 4.02. The molecule has 0 aliphatic heterocycles. The predicted octanol–water partition coefficient (Wildman–Crippen LogP) is 4.61. The van der Waals surface area contributed by atoms with E-state index in [0.29, 0.717) is 45.4 Å². The van der Waals surface area contributed by atoms with E-state index in [1.807, 2.05) is 20.8 Å². The molecule has 5 rings (SSSR count). The molecule has 0 radical (unpaired) electrons. The van der Waals surface area contributed by atoms with Gasteiger partial charge in [0.2, 0.25) is 5.95 Å². The second kappa shape index (κ2) is 8.99. The summed E-state index contributed by atoms with van der Waals surface area (Å²) >= 11 is 0.